The topological polar surface area (TPSA) is 67.9 Å². The smallest absolute Gasteiger partial charge is 0.260 e. The molecule has 0 radical (unpaired) electrons. The van der Waals surface area contributed by atoms with Crippen molar-refractivity contribution in [1.82, 2.24) is 10.2 Å². The van der Waals surface area contributed by atoms with Gasteiger partial charge in [0.15, 0.2) is 11.5 Å². The number of amides is 2. The highest BCUT2D eigenvalue weighted by Crippen LogP contribution is 2.58. The van der Waals surface area contributed by atoms with E-state index in [4.69, 9.17) is 9.47 Å². The molecule has 1 aromatic carbocycles. The first-order chi connectivity index (χ1) is 13.4. The fourth-order valence-corrected chi connectivity index (χ4v) is 6.16. The summed E-state index contributed by atoms with van der Waals surface area (Å²) in [5, 5.41) is 4.77. The molecule has 2 aliphatic heterocycles. The zero-order chi connectivity index (χ0) is 20.1. The van der Waals surface area contributed by atoms with Crippen molar-refractivity contribution in [2.24, 2.45) is 0 Å². The molecule has 28 heavy (non-hydrogen) atoms. The lowest BCUT2D eigenvalue weighted by Gasteiger charge is -2.29. The molecule has 2 amide bonds. The fourth-order valence-electron chi connectivity index (χ4n) is 3.94. The van der Waals surface area contributed by atoms with Gasteiger partial charge < -0.3 is 19.7 Å². The molecule has 8 heteroatoms. The number of hydrogen-bond donors (Lipinski definition) is 1. The van der Waals surface area contributed by atoms with Gasteiger partial charge in [-0.1, -0.05) is 12.1 Å². The Morgan fingerprint density at radius 1 is 1.25 bits per heavy atom. The second-order valence-electron chi connectivity index (χ2n) is 7.25. The fraction of sp³-hybridized carbons (Fsp3) is 0.400. The minimum absolute atomic E-state index is 0.138. The van der Waals surface area contributed by atoms with E-state index in [0.29, 0.717) is 23.6 Å². The predicted octanol–water partition coefficient (Wildman–Crippen LogP) is 3.43. The number of fused-ring (bicyclic) bond motifs is 3. The lowest BCUT2D eigenvalue weighted by atomic mass is 10.0. The van der Waals surface area contributed by atoms with Crippen LogP contribution in [0, 0.1) is 0 Å². The van der Waals surface area contributed by atoms with Crippen LogP contribution in [0.1, 0.15) is 40.0 Å². The van der Waals surface area contributed by atoms with Gasteiger partial charge in [-0.05, 0) is 31.4 Å². The van der Waals surface area contributed by atoms with Gasteiger partial charge in [-0.15, -0.1) is 23.1 Å². The number of carbonyl (C=O) groups is 2. The van der Waals surface area contributed by atoms with Crippen LogP contribution in [0.5, 0.6) is 11.5 Å². The quantitative estimate of drug-likeness (QED) is 0.806. The molecule has 1 fully saturated rings. The molecule has 0 unspecified atom stereocenters. The van der Waals surface area contributed by atoms with E-state index in [0.717, 1.165) is 10.4 Å². The van der Waals surface area contributed by atoms with Crippen molar-refractivity contribution in [3.8, 4) is 11.5 Å². The van der Waals surface area contributed by atoms with E-state index in [2.05, 4.69) is 5.32 Å². The third-order valence-electron chi connectivity index (χ3n) is 5.16. The molecule has 0 aliphatic carbocycles. The second-order valence-corrected chi connectivity index (χ2v) is 10.0. The molecule has 2 aliphatic rings. The van der Waals surface area contributed by atoms with Crippen molar-refractivity contribution in [1.29, 1.82) is 0 Å². The van der Waals surface area contributed by atoms with Crippen LogP contribution in [0.2, 0.25) is 0 Å². The normalized spacial score (nSPS) is 22.0. The Morgan fingerprint density at radius 3 is 2.68 bits per heavy atom. The van der Waals surface area contributed by atoms with Gasteiger partial charge >= 0.3 is 0 Å². The van der Waals surface area contributed by atoms with Crippen molar-refractivity contribution in [3.63, 3.8) is 0 Å². The van der Waals surface area contributed by atoms with Gasteiger partial charge in [0, 0.05) is 15.2 Å². The summed E-state index contributed by atoms with van der Waals surface area (Å²) >= 11 is 3.22. The molecular formula is C20H22N2O4S2. The van der Waals surface area contributed by atoms with E-state index >= 15 is 0 Å². The Hall–Kier alpha value is -2.19. The Balaban J connectivity index is 1.67. The summed E-state index contributed by atoms with van der Waals surface area (Å²) in [4.78, 5) is 29.2. The number of ether oxygens (including phenoxy) is 2. The third-order valence-corrected chi connectivity index (χ3v) is 7.57. The van der Waals surface area contributed by atoms with Gasteiger partial charge in [0.05, 0.1) is 26.3 Å². The number of thioether (sulfide) groups is 1. The predicted molar refractivity (Wildman–Crippen MR) is 110 cm³/mol. The number of hydrogen-bond acceptors (Lipinski definition) is 6. The summed E-state index contributed by atoms with van der Waals surface area (Å²) in [6.07, 6.45) is 0. The summed E-state index contributed by atoms with van der Waals surface area (Å²) in [6.45, 7) is 4.49. The SMILES string of the molecule is COc1ccc2c(c1OC)C(=O)N1[C@@H]2SC(C)(C)[C@@H]1C(=O)NCc1cccs1. The number of thiophene rings is 1. The van der Waals surface area contributed by atoms with Gasteiger partial charge in [0.25, 0.3) is 5.91 Å². The average molecular weight is 419 g/mol. The molecule has 1 saturated heterocycles. The van der Waals surface area contributed by atoms with Gasteiger partial charge in [0.2, 0.25) is 5.91 Å². The first-order valence-electron chi connectivity index (χ1n) is 8.94. The maximum absolute atomic E-state index is 13.4. The molecule has 0 bridgehead atoms. The van der Waals surface area contributed by atoms with Crippen LogP contribution in [-0.4, -0.2) is 41.7 Å². The maximum Gasteiger partial charge on any atom is 0.260 e. The highest BCUT2D eigenvalue weighted by Gasteiger charge is 2.58. The highest BCUT2D eigenvalue weighted by molar-refractivity contribution is 8.01. The van der Waals surface area contributed by atoms with E-state index in [9.17, 15) is 9.59 Å². The van der Waals surface area contributed by atoms with Crippen molar-refractivity contribution >= 4 is 34.9 Å². The zero-order valence-corrected chi connectivity index (χ0v) is 17.8. The molecular weight excluding hydrogens is 396 g/mol. The van der Waals surface area contributed by atoms with Gasteiger partial charge in [-0.2, -0.15) is 0 Å². The summed E-state index contributed by atoms with van der Waals surface area (Å²) in [5.74, 6) is 0.611. The summed E-state index contributed by atoms with van der Waals surface area (Å²) in [5.41, 5.74) is 1.36. The molecule has 3 heterocycles. The van der Waals surface area contributed by atoms with Gasteiger partial charge in [-0.25, -0.2) is 0 Å². The summed E-state index contributed by atoms with van der Waals surface area (Å²) in [6, 6.07) is 7.08. The Kier molecular flexibility index (Phi) is 4.79. The first kappa shape index (κ1) is 19.1. The molecule has 2 aromatic rings. The molecule has 0 saturated carbocycles. The van der Waals surface area contributed by atoms with E-state index in [1.54, 1.807) is 35.1 Å². The number of benzene rings is 1. The van der Waals surface area contributed by atoms with Crippen LogP contribution in [0.4, 0.5) is 0 Å². The van der Waals surface area contributed by atoms with Crippen molar-refractivity contribution in [3.05, 3.63) is 45.6 Å². The number of methoxy groups -OCH3 is 2. The van der Waals surface area contributed by atoms with Crippen LogP contribution in [0.25, 0.3) is 0 Å². The number of carbonyl (C=O) groups excluding carboxylic acids is 2. The minimum atomic E-state index is -0.571. The molecule has 1 N–H and O–H groups in total. The van der Waals surface area contributed by atoms with E-state index < -0.39 is 10.8 Å². The molecule has 148 valence electrons. The lowest BCUT2D eigenvalue weighted by molar-refractivity contribution is -0.126. The largest absolute Gasteiger partial charge is 0.493 e. The average Bonchev–Trinajstić information content (AvgIpc) is 3.34. The van der Waals surface area contributed by atoms with E-state index in [-0.39, 0.29) is 17.2 Å². The van der Waals surface area contributed by atoms with Crippen LogP contribution in [-0.2, 0) is 11.3 Å². The van der Waals surface area contributed by atoms with Crippen LogP contribution in [0.15, 0.2) is 29.6 Å². The second kappa shape index (κ2) is 7.00. The summed E-state index contributed by atoms with van der Waals surface area (Å²) in [7, 11) is 3.07. The molecule has 0 spiro atoms. The Bertz CT molecular complexity index is 927. The standard InChI is InChI=1S/C20H22N2O4S2/c1-20(2)16(17(23)21-10-11-6-5-9-27-11)22-18(24)14-12(19(22)28-20)7-8-13(25-3)15(14)26-4/h5-9,16,19H,10H2,1-4H3,(H,21,23)/t16-,19+/m0/s1. The van der Waals surface area contributed by atoms with Crippen LogP contribution >= 0.6 is 23.1 Å². The number of rotatable bonds is 5. The van der Waals surface area contributed by atoms with Crippen molar-refractivity contribution < 1.29 is 19.1 Å². The van der Waals surface area contributed by atoms with Crippen LogP contribution in [0.3, 0.4) is 0 Å². The Morgan fingerprint density at radius 2 is 2.04 bits per heavy atom. The maximum atomic E-state index is 13.4. The van der Waals surface area contributed by atoms with Crippen molar-refractivity contribution in [2.45, 2.75) is 36.6 Å². The minimum Gasteiger partial charge on any atom is -0.493 e. The summed E-state index contributed by atoms with van der Waals surface area (Å²) < 4.78 is 10.4. The van der Waals surface area contributed by atoms with Crippen molar-refractivity contribution in [2.75, 3.05) is 14.2 Å². The van der Waals surface area contributed by atoms with Gasteiger partial charge in [0.1, 0.15) is 11.4 Å². The molecule has 6 nitrogen and oxygen atoms in total. The lowest BCUT2D eigenvalue weighted by Crippen LogP contribution is -2.52. The molecule has 2 atom stereocenters. The van der Waals surface area contributed by atoms with Crippen LogP contribution < -0.4 is 14.8 Å². The van der Waals surface area contributed by atoms with Gasteiger partial charge in [-0.3, -0.25) is 9.59 Å². The van der Waals surface area contributed by atoms with E-state index in [1.807, 2.05) is 43.5 Å². The molecule has 4 rings (SSSR count). The number of nitrogens with one attached hydrogen (secondary N) is 1. The zero-order valence-electron chi connectivity index (χ0n) is 16.1. The highest BCUT2D eigenvalue weighted by atomic mass is 32.2. The first-order valence-corrected chi connectivity index (χ1v) is 10.7. The molecule has 1 aromatic heterocycles. The number of nitrogens with zero attached hydrogens (tertiary/aromatic N) is 1. The third kappa shape index (κ3) is 2.86. The Labute approximate surface area is 172 Å². The van der Waals surface area contributed by atoms with E-state index in [1.165, 1.54) is 7.11 Å². The monoisotopic (exact) mass is 418 g/mol.